The first-order valence-electron chi connectivity index (χ1n) is 11.8. The molecular weight excluding hydrogens is 320 g/mol. The number of hydrogen-bond acceptors (Lipinski definition) is 2. The second-order valence-electron chi connectivity index (χ2n) is 8.28. The van der Waals surface area contributed by atoms with Gasteiger partial charge >= 0.3 is 0 Å². The van der Waals surface area contributed by atoms with Crippen LogP contribution < -0.4 is 0 Å². The average Bonchev–Trinajstić information content (AvgIpc) is 2.65. The van der Waals surface area contributed by atoms with Crippen LogP contribution in [0.1, 0.15) is 129 Å². The van der Waals surface area contributed by atoms with Gasteiger partial charge in [-0.3, -0.25) is 0 Å². The van der Waals surface area contributed by atoms with Crippen molar-refractivity contribution in [2.75, 3.05) is 6.61 Å². The molecule has 1 atom stereocenters. The molecule has 0 aromatic heterocycles. The third-order valence-electron chi connectivity index (χ3n) is 5.88. The lowest BCUT2D eigenvalue weighted by atomic mass is 10.00. The topological polar surface area (TPSA) is 29.5 Å². The van der Waals surface area contributed by atoms with Gasteiger partial charge in [-0.1, -0.05) is 110 Å². The zero-order valence-corrected chi connectivity index (χ0v) is 17.9. The summed E-state index contributed by atoms with van der Waals surface area (Å²) in [5, 5.41) is 9.96. The van der Waals surface area contributed by atoms with E-state index < -0.39 is 0 Å². The summed E-state index contributed by atoms with van der Waals surface area (Å²) in [5.74, 6) is 0.602. The van der Waals surface area contributed by atoms with Gasteiger partial charge in [0.1, 0.15) is 0 Å². The summed E-state index contributed by atoms with van der Waals surface area (Å²) in [6.45, 7) is 5.02. The maximum atomic E-state index is 9.96. The van der Waals surface area contributed by atoms with E-state index in [9.17, 15) is 5.11 Å². The standard InChI is InChI=1S/C24H46O2/c1-3-5-6-7-8-9-10-11-12-13-14-15-16-17-18-19-23-20-24(25)22(4-2)21-26-23/h23,25H,3-21H2,1-2H3/t23-/m1/s1. The van der Waals surface area contributed by atoms with Crippen LogP contribution in [-0.2, 0) is 4.74 Å². The van der Waals surface area contributed by atoms with E-state index in [0.717, 1.165) is 24.8 Å². The number of aliphatic hydroxyl groups is 1. The largest absolute Gasteiger partial charge is 0.512 e. The molecule has 2 nitrogen and oxygen atoms in total. The van der Waals surface area contributed by atoms with Crippen molar-refractivity contribution in [3.8, 4) is 0 Å². The first-order valence-corrected chi connectivity index (χ1v) is 11.8. The summed E-state index contributed by atoms with van der Waals surface area (Å²) in [6.07, 6.45) is 24.1. The molecule has 0 bridgehead atoms. The molecule has 0 saturated heterocycles. The van der Waals surface area contributed by atoms with Crippen LogP contribution >= 0.6 is 0 Å². The van der Waals surface area contributed by atoms with Gasteiger partial charge in [-0.25, -0.2) is 0 Å². The fourth-order valence-corrected chi connectivity index (χ4v) is 3.96. The Hall–Kier alpha value is -0.500. The van der Waals surface area contributed by atoms with Crippen LogP contribution in [-0.4, -0.2) is 17.8 Å². The molecule has 1 aliphatic heterocycles. The van der Waals surface area contributed by atoms with Crippen LogP contribution in [0.2, 0.25) is 0 Å². The van der Waals surface area contributed by atoms with Crippen LogP contribution in [0, 0.1) is 0 Å². The van der Waals surface area contributed by atoms with Gasteiger partial charge in [0.25, 0.3) is 0 Å². The molecule has 154 valence electrons. The van der Waals surface area contributed by atoms with Crippen molar-refractivity contribution in [1.82, 2.24) is 0 Å². The Morgan fingerprint density at radius 2 is 1.19 bits per heavy atom. The molecule has 0 amide bonds. The van der Waals surface area contributed by atoms with Gasteiger partial charge in [0, 0.05) is 6.42 Å². The summed E-state index contributed by atoms with van der Waals surface area (Å²) in [7, 11) is 0. The lowest BCUT2D eigenvalue weighted by Gasteiger charge is -2.24. The number of hydrogen-bond donors (Lipinski definition) is 1. The van der Waals surface area contributed by atoms with Crippen molar-refractivity contribution in [2.24, 2.45) is 0 Å². The third kappa shape index (κ3) is 12.0. The van der Waals surface area contributed by atoms with Gasteiger partial charge in [0.2, 0.25) is 0 Å². The van der Waals surface area contributed by atoms with E-state index in [1.807, 2.05) is 0 Å². The van der Waals surface area contributed by atoms with Crippen LogP contribution in [0.5, 0.6) is 0 Å². The molecular formula is C24H46O2. The molecule has 26 heavy (non-hydrogen) atoms. The van der Waals surface area contributed by atoms with E-state index in [2.05, 4.69) is 13.8 Å². The minimum absolute atomic E-state index is 0.257. The van der Waals surface area contributed by atoms with Crippen molar-refractivity contribution in [3.63, 3.8) is 0 Å². The smallest absolute Gasteiger partial charge is 0.0963 e. The summed E-state index contributed by atoms with van der Waals surface area (Å²) in [5.41, 5.74) is 1.10. The molecule has 0 radical (unpaired) electrons. The first kappa shape index (κ1) is 23.5. The minimum atomic E-state index is 0.257. The Morgan fingerprint density at radius 1 is 0.731 bits per heavy atom. The predicted molar refractivity (Wildman–Crippen MR) is 114 cm³/mol. The summed E-state index contributed by atoms with van der Waals surface area (Å²) < 4.78 is 5.85. The maximum Gasteiger partial charge on any atom is 0.0963 e. The Morgan fingerprint density at radius 3 is 1.62 bits per heavy atom. The number of ether oxygens (including phenoxy) is 1. The monoisotopic (exact) mass is 366 g/mol. The number of aliphatic hydroxyl groups excluding tert-OH is 1. The highest BCUT2D eigenvalue weighted by atomic mass is 16.5. The molecule has 1 aliphatic rings. The molecule has 1 rings (SSSR count). The van der Waals surface area contributed by atoms with E-state index in [1.165, 1.54) is 96.3 Å². The summed E-state index contributed by atoms with van der Waals surface area (Å²) in [6, 6.07) is 0. The van der Waals surface area contributed by atoms with Gasteiger partial charge < -0.3 is 9.84 Å². The Kier molecular flexibility index (Phi) is 15.1. The lowest BCUT2D eigenvalue weighted by Crippen LogP contribution is -2.22. The van der Waals surface area contributed by atoms with Crippen molar-refractivity contribution in [3.05, 3.63) is 11.3 Å². The first-order chi connectivity index (χ1) is 12.8. The third-order valence-corrected chi connectivity index (χ3v) is 5.88. The van der Waals surface area contributed by atoms with Gasteiger partial charge in [0.15, 0.2) is 0 Å². The minimum Gasteiger partial charge on any atom is -0.512 e. The van der Waals surface area contributed by atoms with Gasteiger partial charge in [-0.05, 0) is 18.4 Å². The SMILES string of the molecule is CCCCCCCCCCCCCCCCC[C@@H]1CC(O)=C(CC)CO1. The summed E-state index contributed by atoms with van der Waals surface area (Å²) in [4.78, 5) is 0. The summed E-state index contributed by atoms with van der Waals surface area (Å²) >= 11 is 0. The Bertz CT molecular complexity index is 348. The predicted octanol–water partition coefficient (Wildman–Crippen LogP) is 8.26. The molecule has 0 aliphatic carbocycles. The Balaban J connectivity index is 1.78. The molecule has 0 saturated carbocycles. The van der Waals surface area contributed by atoms with Gasteiger partial charge in [0.05, 0.1) is 18.5 Å². The van der Waals surface area contributed by atoms with E-state index in [-0.39, 0.29) is 6.10 Å². The van der Waals surface area contributed by atoms with Crippen LogP contribution in [0.25, 0.3) is 0 Å². The van der Waals surface area contributed by atoms with Gasteiger partial charge in [-0.15, -0.1) is 0 Å². The molecule has 1 heterocycles. The number of unbranched alkanes of at least 4 members (excludes halogenated alkanes) is 14. The van der Waals surface area contributed by atoms with Crippen LogP contribution in [0.3, 0.4) is 0 Å². The Labute approximate surface area is 163 Å². The van der Waals surface area contributed by atoms with E-state index in [1.54, 1.807) is 0 Å². The molecule has 0 spiro atoms. The highest BCUT2D eigenvalue weighted by molar-refractivity contribution is 5.11. The molecule has 1 N–H and O–H groups in total. The molecule has 0 fully saturated rings. The van der Waals surface area contributed by atoms with Crippen LogP contribution in [0.15, 0.2) is 11.3 Å². The average molecular weight is 367 g/mol. The fraction of sp³-hybridized carbons (Fsp3) is 0.917. The zero-order chi connectivity index (χ0) is 18.9. The highest BCUT2D eigenvalue weighted by Gasteiger charge is 2.19. The molecule has 0 aromatic carbocycles. The zero-order valence-electron chi connectivity index (χ0n) is 17.9. The fourth-order valence-electron chi connectivity index (χ4n) is 3.96. The molecule has 0 unspecified atom stereocenters. The highest BCUT2D eigenvalue weighted by Crippen LogP contribution is 2.24. The van der Waals surface area contributed by atoms with E-state index in [4.69, 9.17) is 4.74 Å². The molecule has 0 aromatic rings. The normalized spacial score (nSPS) is 17.8. The van der Waals surface area contributed by atoms with E-state index >= 15 is 0 Å². The van der Waals surface area contributed by atoms with Crippen molar-refractivity contribution in [1.29, 1.82) is 0 Å². The maximum absolute atomic E-state index is 9.96. The number of rotatable bonds is 17. The second-order valence-corrected chi connectivity index (χ2v) is 8.28. The van der Waals surface area contributed by atoms with Crippen molar-refractivity contribution < 1.29 is 9.84 Å². The lowest BCUT2D eigenvalue weighted by molar-refractivity contribution is 0.0353. The second kappa shape index (κ2) is 16.7. The molecule has 2 heteroatoms. The van der Waals surface area contributed by atoms with Crippen molar-refractivity contribution in [2.45, 2.75) is 136 Å². The van der Waals surface area contributed by atoms with Crippen molar-refractivity contribution >= 4 is 0 Å². The van der Waals surface area contributed by atoms with Crippen LogP contribution in [0.4, 0.5) is 0 Å². The van der Waals surface area contributed by atoms with E-state index in [0.29, 0.717) is 12.4 Å². The van der Waals surface area contributed by atoms with Gasteiger partial charge in [-0.2, -0.15) is 0 Å². The quantitative estimate of drug-likeness (QED) is 0.262.